The van der Waals surface area contributed by atoms with E-state index in [1.165, 1.54) is 34.2 Å². The normalized spacial score (nSPS) is 11.0. The summed E-state index contributed by atoms with van der Waals surface area (Å²) >= 11 is 2.90. The number of benzene rings is 2. The van der Waals surface area contributed by atoms with Gasteiger partial charge in [-0.05, 0) is 31.4 Å². The van der Waals surface area contributed by atoms with E-state index >= 15 is 0 Å². The number of nitrogens with one attached hydrogen (secondary N) is 2. The zero-order valence-electron chi connectivity index (χ0n) is 16.7. The van der Waals surface area contributed by atoms with E-state index < -0.39 is 0 Å². The van der Waals surface area contributed by atoms with Crippen LogP contribution < -0.4 is 10.6 Å². The van der Waals surface area contributed by atoms with Crippen molar-refractivity contribution in [2.75, 3.05) is 17.6 Å². The van der Waals surface area contributed by atoms with Crippen LogP contribution in [0, 0.1) is 0 Å². The van der Waals surface area contributed by atoms with Gasteiger partial charge in [-0.1, -0.05) is 83.8 Å². The molecule has 1 aromatic heterocycles. The summed E-state index contributed by atoms with van der Waals surface area (Å²) in [7, 11) is 0. The molecule has 2 aromatic carbocycles. The summed E-state index contributed by atoms with van der Waals surface area (Å²) in [5.41, 5.74) is 2.53. The smallest absolute Gasteiger partial charge is 0.230 e. The predicted molar refractivity (Wildman–Crippen MR) is 122 cm³/mol. The molecule has 0 aliphatic carbocycles. The predicted octanol–water partition coefficient (Wildman–Crippen LogP) is 4.79. The van der Waals surface area contributed by atoms with Gasteiger partial charge in [-0.15, -0.1) is 10.2 Å². The van der Waals surface area contributed by atoms with Crippen molar-refractivity contribution < 1.29 is 4.79 Å². The number of carbonyl (C=O) groups excluding carboxylic acids is 1. The summed E-state index contributed by atoms with van der Waals surface area (Å²) in [5.74, 6) is 0.624. The lowest BCUT2D eigenvalue weighted by molar-refractivity contribution is -0.118. The Hall–Kier alpha value is -2.38. The lowest BCUT2D eigenvalue weighted by atomic mass is 9.88. The number of rotatable bonds is 10. The van der Waals surface area contributed by atoms with E-state index in [0.29, 0.717) is 18.3 Å². The largest absolute Gasteiger partial charge is 0.358 e. The Morgan fingerprint density at radius 3 is 2.21 bits per heavy atom. The molecule has 0 unspecified atom stereocenters. The van der Waals surface area contributed by atoms with E-state index in [-0.39, 0.29) is 11.8 Å². The number of thioether (sulfide) groups is 1. The van der Waals surface area contributed by atoms with Crippen LogP contribution in [0.1, 0.15) is 37.3 Å². The number of aromatic nitrogens is 2. The molecule has 7 heteroatoms. The lowest BCUT2D eigenvalue weighted by Crippen LogP contribution is -2.27. The van der Waals surface area contributed by atoms with E-state index in [1.54, 1.807) is 0 Å². The third-order valence-corrected chi connectivity index (χ3v) is 6.29. The van der Waals surface area contributed by atoms with Gasteiger partial charge in [0.15, 0.2) is 4.34 Å². The summed E-state index contributed by atoms with van der Waals surface area (Å²) in [6, 6.07) is 21.2. The third-order valence-electron chi connectivity index (χ3n) is 4.30. The van der Waals surface area contributed by atoms with Crippen molar-refractivity contribution in [3.05, 3.63) is 71.8 Å². The van der Waals surface area contributed by atoms with Crippen molar-refractivity contribution in [3.63, 3.8) is 0 Å². The lowest BCUT2D eigenvalue weighted by Gasteiger charge is -2.18. The van der Waals surface area contributed by atoms with Crippen LogP contribution in [0.15, 0.2) is 65.0 Å². The number of carbonyl (C=O) groups is 1. The first-order chi connectivity index (χ1) is 14.1. The minimum absolute atomic E-state index is 0.0171. The Kier molecular flexibility index (Phi) is 8.07. The van der Waals surface area contributed by atoms with Crippen molar-refractivity contribution in [1.82, 2.24) is 15.5 Å². The Labute approximate surface area is 180 Å². The molecule has 0 bridgehead atoms. The summed E-state index contributed by atoms with van der Waals surface area (Å²) in [6.45, 7) is 4.74. The molecule has 1 amide bonds. The maximum absolute atomic E-state index is 12.3. The van der Waals surface area contributed by atoms with Crippen molar-refractivity contribution in [2.24, 2.45) is 0 Å². The van der Waals surface area contributed by atoms with Gasteiger partial charge >= 0.3 is 0 Å². The third kappa shape index (κ3) is 6.87. The maximum Gasteiger partial charge on any atom is 0.230 e. The van der Waals surface area contributed by atoms with Gasteiger partial charge in [-0.2, -0.15) is 0 Å². The highest BCUT2D eigenvalue weighted by Gasteiger charge is 2.14. The quantitative estimate of drug-likeness (QED) is 0.456. The molecule has 0 aliphatic rings. The van der Waals surface area contributed by atoms with Gasteiger partial charge in [-0.25, -0.2) is 0 Å². The van der Waals surface area contributed by atoms with E-state index in [9.17, 15) is 4.79 Å². The second kappa shape index (κ2) is 11.0. The molecule has 5 nitrogen and oxygen atoms in total. The van der Waals surface area contributed by atoms with Crippen LogP contribution in [0.2, 0.25) is 0 Å². The summed E-state index contributed by atoms with van der Waals surface area (Å²) < 4.78 is 0.801. The molecular formula is C22H26N4OS2. The van der Waals surface area contributed by atoms with E-state index in [2.05, 4.69) is 83.2 Å². The maximum atomic E-state index is 12.3. The molecule has 0 aliphatic heterocycles. The average Bonchev–Trinajstić information content (AvgIpc) is 3.17. The van der Waals surface area contributed by atoms with Crippen LogP contribution in [0.3, 0.4) is 0 Å². The van der Waals surface area contributed by atoms with Gasteiger partial charge < -0.3 is 10.6 Å². The van der Waals surface area contributed by atoms with Crippen LogP contribution in [0.5, 0.6) is 0 Å². The van der Waals surface area contributed by atoms with Crippen LogP contribution in [0.25, 0.3) is 0 Å². The minimum Gasteiger partial charge on any atom is -0.358 e. The Balaban J connectivity index is 1.49. The zero-order valence-corrected chi connectivity index (χ0v) is 18.3. The highest BCUT2D eigenvalue weighted by Crippen LogP contribution is 2.28. The molecule has 0 atom stereocenters. The molecule has 0 saturated heterocycles. The standard InChI is InChI=1S/C22H26N4OS2/c1-16(2)24-21-25-26-22(29-21)28-15-20(27)23-14-13-19(17-9-5-3-6-10-17)18-11-7-4-8-12-18/h3-12,16,19H,13-15H2,1-2H3,(H,23,27)(H,24,25). The van der Waals surface area contributed by atoms with Crippen LogP contribution in [-0.2, 0) is 4.79 Å². The van der Waals surface area contributed by atoms with Crippen molar-refractivity contribution in [3.8, 4) is 0 Å². The van der Waals surface area contributed by atoms with Gasteiger partial charge in [0.1, 0.15) is 0 Å². The Morgan fingerprint density at radius 2 is 1.62 bits per heavy atom. The Bertz CT molecular complexity index is 845. The fraction of sp³-hybridized carbons (Fsp3) is 0.318. The SMILES string of the molecule is CC(C)Nc1nnc(SCC(=O)NCCC(c2ccccc2)c2ccccc2)s1. The minimum atomic E-state index is 0.0171. The van der Waals surface area contributed by atoms with Gasteiger partial charge in [-0.3, -0.25) is 4.79 Å². The number of nitrogens with zero attached hydrogens (tertiary/aromatic N) is 2. The second-order valence-corrected chi connectivity index (χ2v) is 9.17. The summed E-state index contributed by atoms with van der Waals surface area (Å²) in [6.07, 6.45) is 0.853. The van der Waals surface area contributed by atoms with E-state index in [4.69, 9.17) is 0 Å². The summed E-state index contributed by atoms with van der Waals surface area (Å²) in [4.78, 5) is 12.3. The molecule has 2 N–H and O–H groups in total. The zero-order chi connectivity index (χ0) is 20.5. The van der Waals surface area contributed by atoms with Crippen LogP contribution in [-0.4, -0.2) is 34.4 Å². The number of amides is 1. The van der Waals surface area contributed by atoms with Gasteiger partial charge in [0, 0.05) is 18.5 Å². The summed E-state index contributed by atoms with van der Waals surface area (Å²) in [5, 5.41) is 15.3. The van der Waals surface area contributed by atoms with Crippen molar-refractivity contribution in [2.45, 2.75) is 36.6 Å². The van der Waals surface area contributed by atoms with Crippen molar-refractivity contribution in [1.29, 1.82) is 0 Å². The first-order valence-corrected chi connectivity index (χ1v) is 11.5. The first kappa shape index (κ1) is 21.3. The first-order valence-electron chi connectivity index (χ1n) is 9.71. The molecular weight excluding hydrogens is 400 g/mol. The molecule has 29 heavy (non-hydrogen) atoms. The van der Waals surface area contributed by atoms with Gasteiger partial charge in [0.25, 0.3) is 0 Å². The number of anilines is 1. The highest BCUT2D eigenvalue weighted by molar-refractivity contribution is 8.01. The fourth-order valence-corrected chi connectivity index (χ4v) is 4.73. The Morgan fingerprint density at radius 1 is 1.00 bits per heavy atom. The number of hydrogen-bond acceptors (Lipinski definition) is 6. The average molecular weight is 427 g/mol. The second-order valence-electron chi connectivity index (χ2n) is 6.97. The van der Waals surface area contributed by atoms with Crippen LogP contribution >= 0.6 is 23.1 Å². The highest BCUT2D eigenvalue weighted by atomic mass is 32.2. The monoisotopic (exact) mass is 426 g/mol. The van der Waals surface area contributed by atoms with Gasteiger partial charge in [0.05, 0.1) is 5.75 Å². The topological polar surface area (TPSA) is 66.9 Å². The van der Waals surface area contributed by atoms with E-state index in [1.807, 2.05) is 12.1 Å². The van der Waals surface area contributed by atoms with E-state index in [0.717, 1.165) is 15.9 Å². The molecule has 0 fully saturated rings. The molecule has 152 valence electrons. The molecule has 1 heterocycles. The number of hydrogen-bond donors (Lipinski definition) is 2. The molecule has 0 radical (unpaired) electrons. The van der Waals surface area contributed by atoms with Crippen LogP contribution in [0.4, 0.5) is 5.13 Å². The molecule has 0 spiro atoms. The van der Waals surface area contributed by atoms with Crippen molar-refractivity contribution >= 4 is 34.1 Å². The fourth-order valence-electron chi connectivity index (χ4n) is 3.00. The molecule has 3 aromatic rings. The van der Waals surface area contributed by atoms with Gasteiger partial charge in [0.2, 0.25) is 11.0 Å². The molecule has 0 saturated carbocycles. The molecule has 3 rings (SSSR count).